The molecule has 126 valence electrons. The van der Waals surface area contributed by atoms with Crippen molar-refractivity contribution in [2.24, 2.45) is 0 Å². The van der Waals surface area contributed by atoms with Crippen molar-refractivity contribution in [1.29, 1.82) is 0 Å². The summed E-state index contributed by atoms with van der Waals surface area (Å²) in [5, 5.41) is 6.27. The second-order valence-electron chi connectivity index (χ2n) is 6.32. The van der Waals surface area contributed by atoms with Crippen LogP contribution >= 0.6 is 0 Å². The van der Waals surface area contributed by atoms with Crippen LogP contribution in [-0.2, 0) is 16.0 Å². The van der Waals surface area contributed by atoms with E-state index in [2.05, 4.69) is 39.8 Å². The highest BCUT2D eigenvalue weighted by atomic mass is 16.5. The van der Waals surface area contributed by atoms with Gasteiger partial charge in [0.05, 0.1) is 19.1 Å². The lowest BCUT2D eigenvalue weighted by Crippen LogP contribution is -2.41. The van der Waals surface area contributed by atoms with E-state index >= 15 is 0 Å². The van der Waals surface area contributed by atoms with Crippen LogP contribution in [0.25, 0.3) is 0 Å². The predicted octanol–water partition coefficient (Wildman–Crippen LogP) is 1.32. The van der Waals surface area contributed by atoms with E-state index in [1.54, 1.807) is 0 Å². The molecule has 0 spiro atoms. The molecule has 0 aromatic heterocycles. The molecule has 0 aliphatic carbocycles. The molecule has 2 N–H and O–H groups in total. The van der Waals surface area contributed by atoms with Gasteiger partial charge in [0.1, 0.15) is 0 Å². The molecule has 1 atom stereocenters. The average Bonchev–Trinajstić information content (AvgIpc) is 2.60. The Kier molecular flexibility index (Phi) is 5.88. The van der Waals surface area contributed by atoms with Gasteiger partial charge in [0.25, 0.3) is 0 Å². The number of anilines is 1. The number of benzene rings is 1. The molecule has 2 aliphatic rings. The maximum atomic E-state index is 11.9. The van der Waals surface area contributed by atoms with Gasteiger partial charge in [0.15, 0.2) is 0 Å². The highest BCUT2D eigenvalue weighted by Gasteiger charge is 2.18. The van der Waals surface area contributed by atoms with Gasteiger partial charge in [-0.2, -0.15) is 0 Å². The Morgan fingerprint density at radius 3 is 3.17 bits per heavy atom. The molecule has 1 saturated heterocycles. The molecule has 0 radical (unpaired) electrons. The molecule has 0 saturated carbocycles. The highest BCUT2D eigenvalue weighted by Crippen LogP contribution is 2.26. The van der Waals surface area contributed by atoms with Gasteiger partial charge in [0, 0.05) is 38.4 Å². The Morgan fingerprint density at radius 1 is 1.39 bits per heavy atom. The molecule has 1 aromatic carbocycles. The molecule has 23 heavy (non-hydrogen) atoms. The largest absolute Gasteiger partial charge is 0.375 e. The number of fused-ring (bicyclic) bond motifs is 1. The van der Waals surface area contributed by atoms with Crippen molar-refractivity contribution >= 4 is 11.6 Å². The highest BCUT2D eigenvalue weighted by molar-refractivity contribution is 5.76. The van der Waals surface area contributed by atoms with Crippen LogP contribution in [0.1, 0.15) is 24.8 Å². The lowest BCUT2D eigenvalue weighted by atomic mass is 10.0. The zero-order valence-corrected chi connectivity index (χ0v) is 13.7. The van der Waals surface area contributed by atoms with Crippen molar-refractivity contribution in [3.8, 4) is 0 Å². The molecule has 2 heterocycles. The van der Waals surface area contributed by atoms with E-state index in [0.717, 1.165) is 39.1 Å². The van der Waals surface area contributed by atoms with Crippen molar-refractivity contribution in [3.63, 3.8) is 0 Å². The molecule has 3 rings (SSSR count). The normalized spacial score (nSPS) is 20.9. The first kappa shape index (κ1) is 16.3. The van der Waals surface area contributed by atoms with Gasteiger partial charge >= 0.3 is 0 Å². The summed E-state index contributed by atoms with van der Waals surface area (Å²) < 4.78 is 5.56. The number of rotatable bonds is 6. The quantitative estimate of drug-likeness (QED) is 0.777. The number of ether oxygens (including phenoxy) is 1. The average molecular weight is 317 g/mol. The second kappa shape index (κ2) is 8.31. The van der Waals surface area contributed by atoms with Crippen molar-refractivity contribution in [2.45, 2.75) is 31.8 Å². The molecular weight excluding hydrogens is 290 g/mol. The van der Waals surface area contributed by atoms with E-state index in [4.69, 9.17) is 4.74 Å². The smallest absolute Gasteiger partial charge is 0.222 e. The van der Waals surface area contributed by atoms with E-state index in [-0.39, 0.29) is 12.0 Å². The third-order valence-electron chi connectivity index (χ3n) is 4.55. The number of hydrogen-bond acceptors (Lipinski definition) is 4. The van der Waals surface area contributed by atoms with Crippen LogP contribution in [0.4, 0.5) is 5.69 Å². The zero-order chi connectivity index (χ0) is 15.9. The van der Waals surface area contributed by atoms with E-state index in [1.165, 1.54) is 24.1 Å². The molecule has 0 bridgehead atoms. The Morgan fingerprint density at radius 2 is 2.30 bits per heavy atom. The summed E-state index contributed by atoms with van der Waals surface area (Å²) in [6, 6.07) is 8.66. The first-order chi connectivity index (χ1) is 11.3. The summed E-state index contributed by atoms with van der Waals surface area (Å²) in [7, 11) is 0. The molecule has 2 aliphatic heterocycles. The van der Waals surface area contributed by atoms with Gasteiger partial charge in [-0.1, -0.05) is 18.2 Å². The van der Waals surface area contributed by atoms with Crippen LogP contribution in [-0.4, -0.2) is 51.3 Å². The number of hydrogen-bond donors (Lipinski definition) is 2. The molecule has 1 unspecified atom stereocenters. The fraction of sp³-hybridized carbons (Fsp3) is 0.611. The maximum absolute atomic E-state index is 11.9. The molecule has 1 fully saturated rings. The molecule has 5 heteroatoms. The SMILES string of the molecule is O=C(CC1CNCCO1)NCCCN1CCCc2ccccc21. The monoisotopic (exact) mass is 317 g/mol. The summed E-state index contributed by atoms with van der Waals surface area (Å²) in [6.07, 6.45) is 3.86. The topological polar surface area (TPSA) is 53.6 Å². The molecular formula is C18H27N3O2. The van der Waals surface area contributed by atoms with Crippen molar-refractivity contribution in [2.75, 3.05) is 44.2 Å². The van der Waals surface area contributed by atoms with Crippen LogP contribution < -0.4 is 15.5 Å². The minimum Gasteiger partial charge on any atom is -0.375 e. The van der Waals surface area contributed by atoms with Crippen molar-refractivity contribution in [1.82, 2.24) is 10.6 Å². The van der Waals surface area contributed by atoms with Gasteiger partial charge in [0.2, 0.25) is 5.91 Å². The number of carbonyl (C=O) groups is 1. The third-order valence-corrected chi connectivity index (χ3v) is 4.55. The minimum atomic E-state index is 0.0257. The van der Waals surface area contributed by atoms with E-state index in [9.17, 15) is 4.79 Å². The summed E-state index contributed by atoms with van der Waals surface area (Å²) in [5.41, 5.74) is 2.82. The number of carbonyl (C=O) groups excluding carboxylic acids is 1. The Bertz CT molecular complexity index is 515. The molecule has 1 aromatic rings. The van der Waals surface area contributed by atoms with Crippen LogP contribution in [0, 0.1) is 0 Å². The Hall–Kier alpha value is -1.59. The number of para-hydroxylation sites is 1. The predicted molar refractivity (Wildman–Crippen MR) is 91.8 cm³/mol. The van der Waals surface area contributed by atoms with Crippen molar-refractivity contribution < 1.29 is 9.53 Å². The Labute approximate surface area is 138 Å². The van der Waals surface area contributed by atoms with Gasteiger partial charge in [-0.3, -0.25) is 4.79 Å². The van der Waals surface area contributed by atoms with Gasteiger partial charge < -0.3 is 20.3 Å². The number of nitrogens with one attached hydrogen (secondary N) is 2. The first-order valence-corrected chi connectivity index (χ1v) is 8.75. The summed E-state index contributed by atoms with van der Waals surface area (Å²) in [6.45, 7) is 5.21. The van der Waals surface area contributed by atoms with Crippen LogP contribution in [0.3, 0.4) is 0 Å². The number of nitrogens with zero attached hydrogens (tertiary/aromatic N) is 1. The fourth-order valence-corrected chi connectivity index (χ4v) is 3.37. The van der Waals surface area contributed by atoms with Gasteiger partial charge in [-0.15, -0.1) is 0 Å². The maximum Gasteiger partial charge on any atom is 0.222 e. The first-order valence-electron chi connectivity index (χ1n) is 8.75. The number of aryl methyl sites for hydroxylation is 1. The van der Waals surface area contributed by atoms with Gasteiger partial charge in [-0.25, -0.2) is 0 Å². The molecule has 1 amide bonds. The number of morpholine rings is 1. The van der Waals surface area contributed by atoms with E-state index in [1.807, 2.05) is 0 Å². The summed E-state index contributed by atoms with van der Waals surface area (Å²) in [4.78, 5) is 14.4. The van der Waals surface area contributed by atoms with Crippen LogP contribution in [0.2, 0.25) is 0 Å². The van der Waals surface area contributed by atoms with Gasteiger partial charge in [-0.05, 0) is 30.9 Å². The van der Waals surface area contributed by atoms with E-state index < -0.39 is 0 Å². The summed E-state index contributed by atoms with van der Waals surface area (Å²) in [5.74, 6) is 0.0951. The summed E-state index contributed by atoms with van der Waals surface area (Å²) >= 11 is 0. The van der Waals surface area contributed by atoms with Crippen LogP contribution in [0.5, 0.6) is 0 Å². The van der Waals surface area contributed by atoms with Crippen LogP contribution in [0.15, 0.2) is 24.3 Å². The second-order valence-corrected chi connectivity index (χ2v) is 6.32. The lowest BCUT2D eigenvalue weighted by Gasteiger charge is -2.31. The standard InChI is InChI=1S/C18H27N3O2/c22-18(13-16-14-19-9-12-23-16)20-8-4-11-21-10-3-6-15-5-1-2-7-17(15)21/h1-2,5,7,16,19H,3-4,6,8-14H2,(H,20,22). The third kappa shape index (κ3) is 4.69. The fourth-order valence-electron chi connectivity index (χ4n) is 3.37. The Balaban J connectivity index is 1.36. The van der Waals surface area contributed by atoms with E-state index in [0.29, 0.717) is 13.0 Å². The lowest BCUT2D eigenvalue weighted by molar-refractivity contribution is -0.124. The number of amides is 1. The van der Waals surface area contributed by atoms with Crippen molar-refractivity contribution in [3.05, 3.63) is 29.8 Å². The minimum absolute atomic E-state index is 0.0257. The molecule has 5 nitrogen and oxygen atoms in total. The zero-order valence-electron chi connectivity index (χ0n) is 13.7.